The maximum atomic E-state index is 11.2. The predicted molar refractivity (Wildman–Crippen MR) is 74.5 cm³/mol. The van der Waals surface area contributed by atoms with Crippen LogP contribution in [0.5, 0.6) is 11.5 Å². The molecule has 0 aliphatic carbocycles. The van der Waals surface area contributed by atoms with Crippen molar-refractivity contribution in [1.82, 2.24) is 0 Å². The van der Waals surface area contributed by atoms with E-state index in [2.05, 4.69) is 0 Å². The minimum Gasteiger partial charge on any atom is -0.493 e. The lowest BCUT2D eigenvalue weighted by molar-refractivity contribution is 0.288. The molecule has 2 aromatic rings. The van der Waals surface area contributed by atoms with Crippen molar-refractivity contribution >= 4 is 22.6 Å². The molecule has 0 saturated carbocycles. The van der Waals surface area contributed by atoms with Crippen molar-refractivity contribution in [3.05, 3.63) is 34.7 Å². The minimum atomic E-state index is -0.384. The van der Waals surface area contributed by atoms with Gasteiger partial charge in [0.05, 0.1) is 13.7 Å². The molecule has 2 rings (SSSR count). The van der Waals surface area contributed by atoms with Crippen LogP contribution in [0.15, 0.2) is 33.5 Å². The third-order valence-electron chi connectivity index (χ3n) is 2.69. The molecule has 0 bridgehead atoms. The van der Waals surface area contributed by atoms with Crippen LogP contribution in [0.2, 0.25) is 0 Å². The van der Waals surface area contributed by atoms with Crippen LogP contribution in [-0.4, -0.2) is 19.6 Å². The summed E-state index contributed by atoms with van der Waals surface area (Å²) in [4.78, 5) is 11.2. The van der Waals surface area contributed by atoms with Gasteiger partial charge in [0, 0.05) is 23.4 Å². The van der Waals surface area contributed by atoms with Gasteiger partial charge in [0.25, 0.3) is 0 Å². The van der Waals surface area contributed by atoms with Gasteiger partial charge in [-0.3, -0.25) is 0 Å². The molecule has 19 heavy (non-hydrogen) atoms. The summed E-state index contributed by atoms with van der Waals surface area (Å²) in [5.74, 6) is 1.80. The summed E-state index contributed by atoms with van der Waals surface area (Å²) in [5, 5.41) is 0.796. The third kappa shape index (κ3) is 3.41. The molecule has 0 radical (unpaired) electrons. The number of methoxy groups -OCH3 is 1. The van der Waals surface area contributed by atoms with E-state index in [1.54, 1.807) is 25.3 Å². The highest BCUT2D eigenvalue weighted by atomic mass is 35.5. The number of rotatable bonds is 6. The van der Waals surface area contributed by atoms with Gasteiger partial charge in [-0.15, -0.1) is 11.6 Å². The number of hydrogen-bond acceptors (Lipinski definition) is 4. The summed E-state index contributed by atoms with van der Waals surface area (Å²) in [6, 6.07) is 6.54. The Kier molecular flexibility index (Phi) is 4.68. The van der Waals surface area contributed by atoms with Crippen molar-refractivity contribution in [2.45, 2.75) is 12.8 Å². The lowest BCUT2D eigenvalue weighted by atomic mass is 10.2. The molecule has 102 valence electrons. The topological polar surface area (TPSA) is 48.7 Å². The second-order valence-electron chi connectivity index (χ2n) is 4.04. The molecule has 1 aromatic heterocycles. The molecule has 0 spiro atoms. The first-order valence-electron chi connectivity index (χ1n) is 6.05. The van der Waals surface area contributed by atoms with E-state index in [-0.39, 0.29) is 5.63 Å². The smallest absolute Gasteiger partial charge is 0.336 e. The molecule has 0 atom stereocenters. The van der Waals surface area contributed by atoms with Gasteiger partial charge in [-0.25, -0.2) is 4.79 Å². The molecule has 0 aliphatic rings. The molecule has 5 heteroatoms. The zero-order valence-electron chi connectivity index (χ0n) is 10.6. The van der Waals surface area contributed by atoms with Gasteiger partial charge >= 0.3 is 5.63 Å². The average molecular weight is 283 g/mol. The first kappa shape index (κ1) is 13.7. The van der Waals surface area contributed by atoms with E-state index >= 15 is 0 Å². The van der Waals surface area contributed by atoms with Crippen LogP contribution in [0.1, 0.15) is 12.8 Å². The lowest BCUT2D eigenvalue weighted by Crippen LogP contribution is -2.01. The predicted octanol–water partition coefficient (Wildman–Crippen LogP) is 3.20. The van der Waals surface area contributed by atoms with Crippen LogP contribution < -0.4 is 15.1 Å². The molecule has 0 fully saturated rings. The molecule has 0 saturated heterocycles. The van der Waals surface area contributed by atoms with Gasteiger partial charge in [-0.1, -0.05) is 0 Å². The number of benzene rings is 1. The van der Waals surface area contributed by atoms with Crippen LogP contribution in [0.3, 0.4) is 0 Å². The Bertz CT molecular complexity index is 606. The SMILES string of the molecule is COc1cc2ccc(=O)oc2cc1OCCCCCl. The summed E-state index contributed by atoms with van der Waals surface area (Å²) >= 11 is 5.61. The second kappa shape index (κ2) is 6.48. The van der Waals surface area contributed by atoms with Crippen molar-refractivity contribution in [1.29, 1.82) is 0 Å². The summed E-state index contributed by atoms with van der Waals surface area (Å²) < 4.78 is 16.0. The Balaban J connectivity index is 2.27. The van der Waals surface area contributed by atoms with Crippen molar-refractivity contribution in [2.75, 3.05) is 19.6 Å². The Morgan fingerprint density at radius 2 is 2.05 bits per heavy atom. The van der Waals surface area contributed by atoms with Gasteiger partial charge in [-0.2, -0.15) is 0 Å². The highest BCUT2D eigenvalue weighted by molar-refractivity contribution is 6.17. The Labute approximate surface area is 115 Å². The van der Waals surface area contributed by atoms with E-state index in [0.29, 0.717) is 29.6 Å². The van der Waals surface area contributed by atoms with E-state index in [4.69, 9.17) is 25.5 Å². The fourth-order valence-corrected chi connectivity index (χ4v) is 1.92. The maximum absolute atomic E-state index is 11.2. The van der Waals surface area contributed by atoms with Crippen LogP contribution in [0.4, 0.5) is 0 Å². The molecular weight excluding hydrogens is 268 g/mol. The lowest BCUT2D eigenvalue weighted by Gasteiger charge is -2.11. The normalized spacial score (nSPS) is 10.6. The van der Waals surface area contributed by atoms with E-state index in [1.165, 1.54) is 6.07 Å². The van der Waals surface area contributed by atoms with Crippen molar-refractivity contribution in [3.8, 4) is 11.5 Å². The number of unbranched alkanes of at least 4 members (excludes halogenated alkanes) is 1. The molecule has 0 aliphatic heterocycles. The van der Waals surface area contributed by atoms with E-state index in [1.807, 2.05) is 0 Å². The van der Waals surface area contributed by atoms with E-state index in [0.717, 1.165) is 18.2 Å². The average Bonchev–Trinajstić information content (AvgIpc) is 2.42. The Hall–Kier alpha value is -1.68. The van der Waals surface area contributed by atoms with Crippen molar-refractivity contribution < 1.29 is 13.9 Å². The number of halogens is 1. The molecule has 0 unspecified atom stereocenters. The summed E-state index contributed by atoms with van der Waals surface area (Å²) in [5.41, 5.74) is 0.103. The molecule has 1 heterocycles. The van der Waals surface area contributed by atoms with Crippen LogP contribution in [-0.2, 0) is 0 Å². The number of fused-ring (bicyclic) bond motifs is 1. The fourth-order valence-electron chi connectivity index (χ4n) is 1.73. The minimum absolute atomic E-state index is 0.384. The highest BCUT2D eigenvalue weighted by Crippen LogP contribution is 2.31. The quantitative estimate of drug-likeness (QED) is 0.464. The number of alkyl halides is 1. The first-order chi connectivity index (χ1) is 9.24. The molecule has 0 N–H and O–H groups in total. The van der Waals surface area contributed by atoms with Gasteiger partial charge in [-0.05, 0) is 25.0 Å². The number of hydrogen-bond donors (Lipinski definition) is 0. The highest BCUT2D eigenvalue weighted by Gasteiger charge is 2.08. The maximum Gasteiger partial charge on any atom is 0.336 e. The largest absolute Gasteiger partial charge is 0.493 e. The second-order valence-corrected chi connectivity index (χ2v) is 4.42. The summed E-state index contributed by atoms with van der Waals surface area (Å²) in [6.07, 6.45) is 1.76. The van der Waals surface area contributed by atoms with E-state index < -0.39 is 0 Å². The summed E-state index contributed by atoms with van der Waals surface area (Å²) in [7, 11) is 1.58. The third-order valence-corrected chi connectivity index (χ3v) is 2.96. The van der Waals surface area contributed by atoms with E-state index in [9.17, 15) is 4.79 Å². The zero-order valence-corrected chi connectivity index (χ0v) is 11.4. The van der Waals surface area contributed by atoms with Crippen molar-refractivity contribution in [3.63, 3.8) is 0 Å². The van der Waals surface area contributed by atoms with Gasteiger partial charge in [0.1, 0.15) is 5.58 Å². The van der Waals surface area contributed by atoms with Crippen LogP contribution >= 0.6 is 11.6 Å². The molecule has 1 aromatic carbocycles. The van der Waals surface area contributed by atoms with Crippen LogP contribution in [0, 0.1) is 0 Å². The number of ether oxygens (including phenoxy) is 2. The van der Waals surface area contributed by atoms with Gasteiger partial charge in [0.2, 0.25) is 0 Å². The standard InChI is InChI=1S/C14H15ClO4/c1-17-12-8-10-4-5-14(16)19-11(10)9-13(12)18-7-3-2-6-15/h4-5,8-9H,2-3,6-7H2,1H3. The molecular formula is C14H15ClO4. The van der Waals surface area contributed by atoms with Gasteiger partial charge in [0.15, 0.2) is 11.5 Å². The zero-order chi connectivity index (χ0) is 13.7. The van der Waals surface area contributed by atoms with Gasteiger partial charge < -0.3 is 13.9 Å². The molecule has 0 amide bonds. The Morgan fingerprint density at radius 1 is 1.21 bits per heavy atom. The molecule has 4 nitrogen and oxygen atoms in total. The monoisotopic (exact) mass is 282 g/mol. The fraction of sp³-hybridized carbons (Fsp3) is 0.357. The summed E-state index contributed by atoms with van der Waals surface area (Å²) in [6.45, 7) is 0.547. The first-order valence-corrected chi connectivity index (χ1v) is 6.58. The van der Waals surface area contributed by atoms with Crippen molar-refractivity contribution in [2.24, 2.45) is 0 Å². The Morgan fingerprint density at radius 3 is 2.79 bits per heavy atom. The van der Waals surface area contributed by atoms with Crippen LogP contribution in [0.25, 0.3) is 11.0 Å².